The van der Waals surface area contributed by atoms with Gasteiger partial charge in [0.2, 0.25) is 0 Å². The summed E-state index contributed by atoms with van der Waals surface area (Å²) in [4.78, 5) is 12.5. The minimum atomic E-state index is -3.67. The lowest BCUT2D eigenvalue weighted by atomic mass is 10.1. The third kappa shape index (κ3) is 4.05. The number of nitrogens with one attached hydrogen (secondary N) is 2. The van der Waals surface area contributed by atoms with Gasteiger partial charge in [-0.3, -0.25) is 9.10 Å². The van der Waals surface area contributed by atoms with Crippen LogP contribution in [0.3, 0.4) is 0 Å². The number of piperidine rings is 1. The zero-order chi connectivity index (χ0) is 18.6. The lowest BCUT2D eigenvalue weighted by Crippen LogP contribution is -2.45. The molecule has 7 heteroatoms. The van der Waals surface area contributed by atoms with Crippen LogP contribution in [0.1, 0.15) is 23.2 Å². The fraction of sp³-hybridized carbons (Fsp3) is 0.316. The maximum absolute atomic E-state index is 12.7. The van der Waals surface area contributed by atoms with Gasteiger partial charge in [0, 0.05) is 25.2 Å². The molecule has 2 N–H and O–H groups in total. The highest BCUT2D eigenvalue weighted by Gasteiger charge is 2.22. The monoisotopic (exact) mass is 373 g/mol. The Balaban J connectivity index is 1.73. The van der Waals surface area contributed by atoms with E-state index in [9.17, 15) is 13.2 Å². The van der Waals surface area contributed by atoms with E-state index < -0.39 is 10.0 Å². The minimum absolute atomic E-state index is 0.115. The largest absolute Gasteiger partial charge is 0.348 e. The molecule has 0 radical (unpaired) electrons. The van der Waals surface area contributed by atoms with E-state index in [0.717, 1.165) is 25.9 Å². The number of hydrogen-bond acceptors (Lipinski definition) is 4. The average molecular weight is 373 g/mol. The second kappa shape index (κ2) is 7.88. The molecule has 0 spiro atoms. The lowest BCUT2D eigenvalue weighted by Gasteiger charge is -2.24. The van der Waals surface area contributed by atoms with E-state index in [4.69, 9.17) is 0 Å². The van der Waals surface area contributed by atoms with Crippen LogP contribution < -0.4 is 14.9 Å². The van der Waals surface area contributed by atoms with Crippen molar-refractivity contribution < 1.29 is 13.2 Å². The third-order valence-electron chi connectivity index (χ3n) is 4.53. The molecule has 0 bridgehead atoms. The van der Waals surface area contributed by atoms with Gasteiger partial charge in [0.1, 0.15) is 0 Å². The predicted molar refractivity (Wildman–Crippen MR) is 102 cm³/mol. The van der Waals surface area contributed by atoms with Gasteiger partial charge in [0.15, 0.2) is 0 Å². The standard InChI is InChI=1S/C19H23N3O3S/c1-22(17-7-3-2-4-8-17)26(24,25)18-11-9-15(10-12-18)19(23)21-16-6-5-13-20-14-16/h2-4,7-12,16,20H,5-6,13-14H2,1H3,(H,21,23). The fourth-order valence-electron chi connectivity index (χ4n) is 2.96. The molecule has 2 aromatic carbocycles. The van der Waals surface area contributed by atoms with Crippen molar-refractivity contribution in [2.75, 3.05) is 24.4 Å². The fourth-order valence-corrected chi connectivity index (χ4v) is 4.15. The summed E-state index contributed by atoms with van der Waals surface area (Å²) in [7, 11) is -2.15. The highest BCUT2D eigenvalue weighted by Crippen LogP contribution is 2.22. The number of carbonyl (C=O) groups excluding carboxylic acids is 1. The zero-order valence-corrected chi connectivity index (χ0v) is 15.5. The summed E-state index contributed by atoms with van der Waals surface area (Å²) < 4.78 is 26.7. The van der Waals surface area contributed by atoms with Gasteiger partial charge in [-0.05, 0) is 55.8 Å². The van der Waals surface area contributed by atoms with Gasteiger partial charge in [0.05, 0.1) is 10.6 Å². The molecule has 6 nitrogen and oxygen atoms in total. The van der Waals surface area contributed by atoms with Crippen molar-refractivity contribution >= 4 is 21.6 Å². The van der Waals surface area contributed by atoms with Crippen LogP contribution in [0.25, 0.3) is 0 Å². The molecular weight excluding hydrogens is 350 g/mol. The molecule has 1 aliphatic heterocycles. The topological polar surface area (TPSA) is 78.5 Å². The van der Waals surface area contributed by atoms with Crippen LogP contribution in [-0.2, 0) is 10.0 Å². The lowest BCUT2D eigenvalue weighted by molar-refractivity contribution is 0.0930. The molecule has 1 atom stereocenters. The van der Waals surface area contributed by atoms with Crippen LogP contribution in [0, 0.1) is 0 Å². The van der Waals surface area contributed by atoms with Crippen LogP contribution in [0.2, 0.25) is 0 Å². The first-order valence-electron chi connectivity index (χ1n) is 8.64. The van der Waals surface area contributed by atoms with Gasteiger partial charge in [-0.25, -0.2) is 8.42 Å². The Hall–Kier alpha value is -2.38. The Kier molecular flexibility index (Phi) is 5.58. The van der Waals surface area contributed by atoms with Gasteiger partial charge in [-0.15, -0.1) is 0 Å². The number of carbonyl (C=O) groups is 1. The van der Waals surface area contributed by atoms with E-state index in [2.05, 4.69) is 10.6 Å². The molecule has 2 aromatic rings. The second-order valence-electron chi connectivity index (χ2n) is 6.35. The Labute approximate surface area is 154 Å². The summed E-state index contributed by atoms with van der Waals surface area (Å²) >= 11 is 0. The molecule has 0 aliphatic carbocycles. The maximum atomic E-state index is 12.7. The average Bonchev–Trinajstić information content (AvgIpc) is 2.69. The van der Waals surface area contributed by atoms with Crippen molar-refractivity contribution in [1.29, 1.82) is 0 Å². The SMILES string of the molecule is CN(c1ccccc1)S(=O)(=O)c1ccc(C(=O)NC2CCCNC2)cc1. The quantitative estimate of drug-likeness (QED) is 0.840. The summed E-state index contributed by atoms with van der Waals surface area (Å²) in [5.41, 5.74) is 1.04. The number of sulfonamides is 1. The van der Waals surface area contributed by atoms with Crippen LogP contribution >= 0.6 is 0 Å². The highest BCUT2D eigenvalue weighted by molar-refractivity contribution is 7.92. The van der Waals surface area contributed by atoms with Gasteiger partial charge < -0.3 is 10.6 Å². The minimum Gasteiger partial charge on any atom is -0.348 e. The first kappa shape index (κ1) is 18.4. The van der Waals surface area contributed by atoms with Crippen LogP contribution in [0.15, 0.2) is 59.5 Å². The summed E-state index contributed by atoms with van der Waals surface area (Å²) in [5.74, 6) is -0.181. The smallest absolute Gasteiger partial charge is 0.264 e. The molecule has 1 saturated heterocycles. The number of nitrogens with zero attached hydrogens (tertiary/aromatic N) is 1. The predicted octanol–water partition coefficient (Wildman–Crippen LogP) is 1.99. The summed E-state index contributed by atoms with van der Waals surface area (Å²) in [6.45, 7) is 1.74. The second-order valence-corrected chi connectivity index (χ2v) is 8.32. The molecule has 26 heavy (non-hydrogen) atoms. The normalized spacial score (nSPS) is 17.5. The van der Waals surface area contributed by atoms with Crippen LogP contribution in [0.5, 0.6) is 0 Å². The Morgan fingerprint density at radius 3 is 2.42 bits per heavy atom. The molecule has 1 aliphatic rings. The first-order chi connectivity index (χ1) is 12.5. The number of para-hydroxylation sites is 1. The van der Waals surface area contributed by atoms with E-state index in [1.165, 1.54) is 23.5 Å². The Morgan fingerprint density at radius 1 is 1.12 bits per heavy atom. The molecule has 138 valence electrons. The van der Waals surface area contributed by atoms with E-state index in [0.29, 0.717) is 11.3 Å². The summed E-state index contributed by atoms with van der Waals surface area (Å²) in [6, 6.07) is 15.0. The number of rotatable bonds is 5. The van der Waals surface area contributed by atoms with E-state index in [1.54, 1.807) is 36.4 Å². The van der Waals surface area contributed by atoms with Crippen molar-refractivity contribution in [2.45, 2.75) is 23.8 Å². The van der Waals surface area contributed by atoms with Crippen LogP contribution in [0.4, 0.5) is 5.69 Å². The van der Waals surface area contributed by atoms with E-state index in [1.807, 2.05) is 6.07 Å². The van der Waals surface area contributed by atoms with Crippen molar-refractivity contribution in [2.24, 2.45) is 0 Å². The molecular formula is C19H23N3O3S. The number of amides is 1. The third-order valence-corrected chi connectivity index (χ3v) is 6.33. The van der Waals surface area contributed by atoms with Crippen molar-refractivity contribution in [3.63, 3.8) is 0 Å². The van der Waals surface area contributed by atoms with E-state index in [-0.39, 0.29) is 16.8 Å². The number of hydrogen-bond donors (Lipinski definition) is 2. The first-order valence-corrected chi connectivity index (χ1v) is 10.1. The van der Waals surface area contributed by atoms with Gasteiger partial charge in [-0.2, -0.15) is 0 Å². The van der Waals surface area contributed by atoms with Gasteiger partial charge >= 0.3 is 0 Å². The van der Waals surface area contributed by atoms with Gasteiger partial charge in [-0.1, -0.05) is 18.2 Å². The Morgan fingerprint density at radius 2 is 1.81 bits per heavy atom. The molecule has 3 rings (SSSR count). The van der Waals surface area contributed by atoms with Crippen LogP contribution in [-0.4, -0.2) is 40.5 Å². The molecule has 1 amide bonds. The zero-order valence-electron chi connectivity index (χ0n) is 14.7. The Bertz CT molecular complexity index is 845. The number of benzene rings is 2. The highest BCUT2D eigenvalue weighted by atomic mass is 32.2. The molecule has 1 fully saturated rings. The molecule has 1 heterocycles. The van der Waals surface area contributed by atoms with Crippen molar-refractivity contribution in [3.8, 4) is 0 Å². The maximum Gasteiger partial charge on any atom is 0.264 e. The summed E-state index contributed by atoms with van der Waals surface area (Å²) in [6.07, 6.45) is 1.99. The van der Waals surface area contributed by atoms with Crippen molar-refractivity contribution in [1.82, 2.24) is 10.6 Å². The number of anilines is 1. The summed E-state index contributed by atoms with van der Waals surface area (Å²) in [5, 5.41) is 6.23. The molecule has 0 aromatic heterocycles. The van der Waals surface area contributed by atoms with Crippen molar-refractivity contribution in [3.05, 3.63) is 60.2 Å². The van der Waals surface area contributed by atoms with Gasteiger partial charge in [0.25, 0.3) is 15.9 Å². The van der Waals surface area contributed by atoms with E-state index >= 15 is 0 Å². The molecule has 0 saturated carbocycles. The molecule has 1 unspecified atom stereocenters.